The molecule has 0 spiro atoms. The smallest absolute Gasteiger partial charge is 0.159 e. The lowest BCUT2D eigenvalue weighted by molar-refractivity contribution is 0.101. The molecule has 0 aromatic heterocycles. The molecular weight excluding hydrogens is 226 g/mol. The van der Waals surface area contributed by atoms with Gasteiger partial charge in [0.1, 0.15) is 0 Å². The van der Waals surface area contributed by atoms with Crippen molar-refractivity contribution in [1.82, 2.24) is 5.32 Å². The van der Waals surface area contributed by atoms with Crippen LogP contribution in [0.2, 0.25) is 0 Å². The number of nitrogens with one attached hydrogen (secondary N) is 1. The van der Waals surface area contributed by atoms with Crippen LogP contribution in [0, 0.1) is 11.3 Å². The molecule has 1 heterocycles. The zero-order valence-electron chi connectivity index (χ0n) is 10.5. The molecule has 1 aromatic rings. The maximum Gasteiger partial charge on any atom is 0.159 e. The molecule has 18 heavy (non-hydrogen) atoms. The fraction of sp³-hybridized carbons (Fsp3) is 0.429. The molecule has 2 rings (SSSR count). The lowest BCUT2D eigenvalue weighted by atomic mass is 10.1. The summed E-state index contributed by atoms with van der Waals surface area (Å²) in [6.07, 6.45) is 1.05. The first-order valence-electron chi connectivity index (χ1n) is 6.17. The molecule has 0 radical (unpaired) electrons. The standard InChI is InChI=1S/C14H17N3O/c1-11(18)12-2-4-14(5-3-12)17-9-6-13(10-17)16-8-7-15/h2-5,13,16H,6,8-10H2,1H3. The van der Waals surface area contributed by atoms with Crippen LogP contribution in [0.15, 0.2) is 24.3 Å². The number of carbonyl (C=O) groups is 1. The molecule has 1 aliphatic rings. The molecule has 1 unspecified atom stereocenters. The average Bonchev–Trinajstić information content (AvgIpc) is 2.85. The van der Waals surface area contributed by atoms with E-state index < -0.39 is 0 Å². The van der Waals surface area contributed by atoms with Gasteiger partial charge in [-0.25, -0.2) is 0 Å². The summed E-state index contributed by atoms with van der Waals surface area (Å²) in [5.41, 5.74) is 1.89. The highest BCUT2D eigenvalue weighted by Crippen LogP contribution is 2.20. The summed E-state index contributed by atoms with van der Waals surface area (Å²) in [7, 11) is 0. The van der Waals surface area contributed by atoms with Crippen molar-refractivity contribution in [3.63, 3.8) is 0 Å². The molecule has 1 N–H and O–H groups in total. The van der Waals surface area contributed by atoms with Crippen molar-refractivity contribution in [2.45, 2.75) is 19.4 Å². The molecule has 94 valence electrons. The SMILES string of the molecule is CC(=O)c1ccc(N2CCC(NCC#N)C2)cc1. The minimum absolute atomic E-state index is 0.0940. The Kier molecular flexibility index (Phi) is 3.96. The van der Waals surface area contributed by atoms with E-state index in [4.69, 9.17) is 5.26 Å². The molecule has 1 saturated heterocycles. The number of hydrogen-bond acceptors (Lipinski definition) is 4. The predicted molar refractivity (Wildman–Crippen MR) is 70.7 cm³/mol. The maximum absolute atomic E-state index is 11.2. The van der Waals surface area contributed by atoms with Crippen molar-refractivity contribution in [2.75, 3.05) is 24.5 Å². The summed E-state index contributed by atoms with van der Waals surface area (Å²) < 4.78 is 0. The minimum Gasteiger partial charge on any atom is -0.370 e. The van der Waals surface area contributed by atoms with Gasteiger partial charge in [0.05, 0.1) is 12.6 Å². The molecule has 4 heteroatoms. The Morgan fingerprint density at radius 2 is 2.22 bits per heavy atom. The van der Waals surface area contributed by atoms with E-state index in [-0.39, 0.29) is 5.78 Å². The molecule has 0 saturated carbocycles. The summed E-state index contributed by atoms with van der Waals surface area (Å²) >= 11 is 0. The molecule has 0 aliphatic carbocycles. The Morgan fingerprint density at radius 3 is 2.83 bits per heavy atom. The summed E-state index contributed by atoms with van der Waals surface area (Å²) in [5, 5.41) is 11.7. The molecule has 0 amide bonds. The van der Waals surface area contributed by atoms with E-state index in [1.54, 1.807) is 6.92 Å². The van der Waals surface area contributed by atoms with Gasteiger partial charge < -0.3 is 4.90 Å². The number of nitriles is 1. The Balaban J connectivity index is 1.97. The Labute approximate surface area is 107 Å². The average molecular weight is 243 g/mol. The van der Waals surface area contributed by atoms with Gasteiger partial charge in [0.2, 0.25) is 0 Å². The van der Waals surface area contributed by atoms with Crippen molar-refractivity contribution in [2.24, 2.45) is 0 Å². The van der Waals surface area contributed by atoms with Crippen molar-refractivity contribution in [1.29, 1.82) is 5.26 Å². The molecule has 4 nitrogen and oxygen atoms in total. The number of Topliss-reactive ketones (excluding diaryl/α,β-unsaturated/α-hetero) is 1. The van der Waals surface area contributed by atoms with E-state index in [0.717, 1.165) is 30.8 Å². The highest BCUT2D eigenvalue weighted by molar-refractivity contribution is 5.94. The molecule has 1 fully saturated rings. The minimum atomic E-state index is 0.0940. The van der Waals surface area contributed by atoms with Gasteiger partial charge in [0.15, 0.2) is 5.78 Å². The summed E-state index contributed by atoms with van der Waals surface area (Å²) in [4.78, 5) is 13.5. The van der Waals surface area contributed by atoms with Gasteiger partial charge in [-0.3, -0.25) is 10.1 Å². The highest BCUT2D eigenvalue weighted by atomic mass is 16.1. The van der Waals surface area contributed by atoms with E-state index in [1.807, 2.05) is 24.3 Å². The highest BCUT2D eigenvalue weighted by Gasteiger charge is 2.21. The number of rotatable bonds is 4. The van der Waals surface area contributed by atoms with Crippen molar-refractivity contribution in [3.8, 4) is 6.07 Å². The predicted octanol–water partition coefficient (Wildman–Crippen LogP) is 1.58. The number of hydrogen-bond donors (Lipinski definition) is 1. The summed E-state index contributed by atoms with van der Waals surface area (Å²) in [5.74, 6) is 0.0940. The third kappa shape index (κ3) is 2.88. The number of anilines is 1. The van der Waals surface area contributed by atoms with Crippen LogP contribution in [0.25, 0.3) is 0 Å². The van der Waals surface area contributed by atoms with Crippen LogP contribution >= 0.6 is 0 Å². The number of carbonyl (C=O) groups excluding carboxylic acids is 1. The van der Waals surface area contributed by atoms with Crippen LogP contribution in [-0.2, 0) is 0 Å². The van der Waals surface area contributed by atoms with Gasteiger partial charge in [-0.15, -0.1) is 0 Å². The van der Waals surface area contributed by atoms with Crippen LogP contribution in [-0.4, -0.2) is 31.5 Å². The number of ketones is 1. The molecular formula is C14H17N3O. The van der Waals surface area contributed by atoms with E-state index in [9.17, 15) is 4.79 Å². The first-order valence-corrected chi connectivity index (χ1v) is 6.17. The second kappa shape index (κ2) is 5.65. The third-order valence-electron chi connectivity index (χ3n) is 3.30. The first kappa shape index (κ1) is 12.6. The van der Waals surface area contributed by atoms with E-state index >= 15 is 0 Å². The zero-order valence-corrected chi connectivity index (χ0v) is 10.5. The van der Waals surface area contributed by atoms with E-state index in [2.05, 4.69) is 16.3 Å². The van der Waals surface area contributed by atoms with E-state index in [0.29, 0.717) is 12.6 Å². The lowest BCUT2D eigenvalue weighted by Crippen LogP contribution is -2.32. The van der Waals surface area contributed by atoms with Crippen LogP contribution in [0.4, 0.5) is 5.69 Å². The number of nitrogens with zero attached hydrogens (tertiary/aromatic N) is 2. The van der Waals surface area contributed by atoms with Crippen molar-refractivity contribution < 1.29 is 4.79 Å². The van der Waals surface area contributed by atoms with Gasteiger partial charge in [-0.05, 0) is 37.6 Å². The van der Waals surface area contributed by atoms with Crippen molar-refractivity contribution >= 4 is 11.5 Å². The molecule has 1 aliphatic heterocycles. The third-order valence-corrected chi connectivity index (χ3v) is 3.30. The molecule has 1 atom stereocenters. The van der Waals surface area contributed by atoms with Gasteiger partial charge in [0.25, 0.3) is 0 Å². The summed E-state index contributed by atoms with van der Waals surface area (Å²) in [6.45, 7) is 3.89. The largest absolute Gasteiger partial charge is 0.370 e. The van der Waals surface area contributed by atoms with Gasteiger partial charge in [0, 0.05) is 30.4 Å². The maximum atomic E-state index is 11.2. The van der Waals surface area contributed by atoms with Gasteiger partial charge >= 0.3 is 0 Å². The second-order valence-electron chi connectivity index (χ2n) is 4.57. The second-order valence-corrected chi connectivity index (χ2v) is 4.57. The first-order chi connectivity index (χ1) is 8.70. The normalized spacial score (nSPS) is 18.7. The Bertz CT molecular complexity index is 461. The van der Waals surface area contributed by atoms with Crippen molar-refractivity contribution in [3.05, 3.63) is 29.8 Å². The van der Waals surface area contributed by atoms with Crippen LogP contribution in [0.1, 0.15) is 23.7 Å². The topological polar surface area (TPSA) is 56.1 Å². The molecule has 1 aromatic carbocycles. The van der Waals surface area contributed by atoms with E-state index in [1.165, 1.54) is 0 Å². The quantitative estimate of drug-likeness (QED) is 0.644. The zero-order chi connectivity index (χ0) is 13.0. The monoisotopic (exact) mass is 243 g/mol. The lowest BCUT2D eigenvalue weighted by Gasteiger charge is -2.18. The van der Waals surface area contributed by atoms with Gasteiger partial charge in [-0.2, -0.15) is 5.26 Å². The van der Waals surface area contributed by atoms with Crippen LogP contribution < -0.4 is 10.2 Å². The Hall–Kier alpha value is -1.86. The Morgan fingerprint density at radius 1 is 1.50 bits per heavy atom. The fourth-order valence-corrected chi connectivity index (χ4v) is 2.26. The molecule has 0 bridgehead atoms. The fourth-order valence-electron chi connectivity index (χ4n) is 2.26. The van der Waals surface area contributed by atoms with Crippen LogP contribution in [0.3, 0.4) is 0 Å². The summed E-state index contributed by atoms with van der Waals surface area (Å²) in [6, 6.07) is 10.2. The van der Waals surface area contributed by atoms with Crippen LogP contribution in [0.5, 0.6) is 0 Å². The number of benzene rings is 1. The van der Waals surface area contributed by atoms with Gasteiger partial charge in [-0.1, -0.05) is 0 Å².